The maximum Gasteiger partial charge on any atom is 0.127 e. The van der Waals surface area contributed by atoms with Crippen LogP contribution >= 0.6 is 0 Å². The van der Waals surface area contributed by atoms with Gasteiger partial charge < -0.3 is 10.1 Å². The van der Waals surface area contributed by atoms with Gasteiger partial charge in [0.05, 0.1) is 0 Å². The maximum absolute atomic E-state index is 5.90. The van der Waals surface area contributed by atoms with E-state index in [0.717, 1.165) is 31.0 Å². The van der Waals surface area contributed by atoms with Crippen molar-refractivity contribution < 1.29 is 4.74 Å². The largest absolute Gasteiger partial charge is 0.457 e. The van der Waals surface area contributed by atoms with Crippen LogP contribution in [0.25, 0.3) is 0 Å². The molecule has 0 spiro atoms. The van der Waals surface area contributed by atoms with Gasteiger partial charge in [-0.05, 0) is 54.3 Å². The van der Waals surface area contributed by atoms with Gasteiger partial charge in [0.15, 0.2) is 0 Å². The molecule has 0 heterocycles. The third-order valence-electron chi connectivity index (χ3n) is 3.35. The fourth-order valence-corrected chi connectivity index (χ4v) is 2.15. The topological polar surface area (TPSA) is 21.3 Å². The van der Waals surface area contributed by atoms with Crippen LogP contribution in [0.1, 0.15) is 31.9 Å². The normalized spacial score (nSPS) is 10.9. The lowest BCUT2D eigenvalue weighted by Gasteiger charge is -2.09. The van der Waals surface area contributed by atoms with E-state index in [1.54, 1.807) is 0 Å². The van der Waals surface area contributed by atoms with Gasteiger partial charge in [-0.2, -0.15) is 0 Å². The molecule has 2 heteroatoms. The summed E-state index contributed by atoms with van der Waals surface area (Å²) in [7, 11) is 0. The first-order chi connectivity index (χ1) is 10.2. The average Bonchev–Trinajstić information content (AvgIpc) is 2.49. The Hall–Kier alpha value is -1.80. The molecule has 0 amide bonds. The van der Waals surface area contributed by atoms with Crippen LogP contribution in [0.2, 0.25) is 0 Å². The molecule has 0 aliphatic carbocycles. The zero-order valence-corrected chi connectivity index (χ0v) is 13.2. The molecule has 1 N–H and O–H groups in total. The van der Waals surface area contributed by atoms with Gasteiger partial charge in [-0.15, -0.1) is 0 Å². The number of benzene rings is 2. The van der Waals surface area contributed by atoms with E-state index in [0.29, 0.717) is 5.92 Å². The molecule has 0 unspecified atom stereocenters. The van der Waals surface area contributed by atoms with E-state index in [4.69, 9.17) is 4.74 Å². The molecule has 0 aliphatic heterocycles. The molecule has 21 heavy (non-hydrogen) atoms. The molecule has 2 rings (SSSR count). The smallest absolute Gasteiger partial charge is 0.127 e. The second-order valence-electron chi connectivity index (χ2n) is 5.77. The number of ether oxygens (including phenoxy) is 1. The summed E-state index contributed by atoms with van der Waals surface area (Å²) in [5.41, 5.74) is 2.58. The summed E-state index contributed by atoms with van der Waals surface area (Å²) in [6.45, 7) is 8.53. The van der Waals surface area contributed by atoms with Crippen molar-refractivity contribution in [3.63, 3.8) is 0 Å². The molecule has 0 saturated carbocycles. The average molecular weight is 283 g/mol. The minimum absolute atomic E-state index is 0.679. The van der Waals surface area contributed by atoms with Crippen LogP contribution in [0.5, 0.6) is 11.5 Å². The molecule has 0 atom stereocenters. The Morgan fingerprint density at radius 3 is 2.38 bits per heavy atom. The lowest BCUT2D eigenvalue weighted by atomic mass is 10.1. The molecular weight excluding hydrogens is 258 g/mol. The first kappa shape index (κ1) is 15.6. The van der Waals surface area contributed by atoms with Crippen LogP contribution < -0.4 is 10.1 Å². The van der Waals surface area contributed by atoms with Crippen molar-refractivity contribution in [2.75, 3.05) is 6.54 Å². The molecule has 0 bridgehead atoms. The highest BCUT2D eigenvalue weighted by Gasteiger charge is 2.00. The van der Waals surface area contributed by atoms with Gasteiger partial charge in [0.1, 0.15) is 11.5 Å². The van der Waals surface area contributed by atoms with Crippen molar-refractivity contribution >= 4 is 0 Å². The molecule has 0 radical (unpaired) electrons. The molecule has 2 nitrogen and oxygen atoms in total. The highest BCUT2D eigenvalue weighted by molar-refractivity contribution is 5.35. The Bertz CT molecular complexity index is 546. The van der Waals surface area contributed by atoms with Gasteiger partial charge in [0.2, 0.25) is 0 Å². The highest BCUT2D eigenvalue weighted by atomic mass is 16.5. The van der Waals surface area contributed by atoms with Crippen molar-refractivity contribution in [1.29, 1.82) is 0 Å². The van der Waals surface area contributed by atoms with Crippen LogP contribution in [0.4, 0.5) is 0 Å². The van der Waals surface area contributed by atoms with Gasteiger partial charge in [-0.1, -0.05) is 45.0 Å². The molecule has 0 fully saturated rings. The summed E-state index contributed by atoms with van der Waals surface area (Å²) in [6.07, 6.45) is 1.03. The summed E-state index contributed by atoms with van der Waals surface area (Å²) in [5.74, 6) is 2.47. The third-order valence-corrected chi connectivity index (χ3v) is 3.35. The van der Waals surface area contributed by atoms with Gasteiger partial charge in [-0.25, -0.2) is 0 Å². The second-order valence-corrected chi connectivity index (χ2v) is 5.77. The van der Waals surface area contributed by atoms with E-state index < -0.39 is 0 Å². The van der Waals surface area contributed by atoms with Crippen molar-refractivity contribution in [3.8, 4) is 11.5 Å². The number of rotatable bonds is 7. The Balaban J connectivity index is 1.92. The lowest BCUT2D eigenvalue weighted by Crippen LogP contribution is -2.18. The van der Waals surface area contributed by atoms with Crippen LogP contribution in [-0.4, -0.2) is 6.54 Å². The Morgan fingerprint density at radius 1 is 0.952 bits per heavy atom. The molecule has 0 aliphatic rings. The minimum atomic E-state index is 0.679. The van der Waals surface area contributed by atoms with Crippen molar-refractivity contribution in [1.82, 2.24) is 5.32 Å². The van der Waals surface area contributed by atoms with Gasteiger partial charge in [0, 0.05) is 6.54 Å². The number of aryl methyl sites for hydroxylation is 1. The molecule has 0 saturated heterocycles. The molecule has 112 valence electrons. The maximum atomic E-state index is 5.90. The molecule has 0 aromatic heterocycles. The quantitative estimate of drug-likeness (QED) is 0.789. The fourth-order valence-electron chi connectivity index (χ4n) is 2.15. The fraction of sp³-hybridized carbons (Fsp3) is 0.368. The van der Waals surface area contributed by atoms with Gasteiger partial charge in [-0.3, -0.25) is 0 Å². The highest BCUT2D eigenvalue weighted by Crippen LogP contribution is 2.22. The van der Waals surface area contributed by atoms with E-state index in [9.17, 15) is 0 Å². The zero-order valence-electron chi connectivity index (χ0n) is 13.2. The summed E-state index contributed by atoms with van der Waals surface area (Å²) >= 11 is 0. The first-order valence-electron chi connectivity index (χ1n) is 7.74. The Morgan fingerprint density at radius 2 is 1.71 bits per heavy atom. The van der Waals surface area contributed by atoms with E-state index in [-0.39, 0.29) is 0 Å². The van der Waals surface area contributed by atoms with E-state index in [1.165, 1.54) is 11.1 Å². The van der Waals surface area contributed by atoms with Crippen LogP contribution in [-0.2, 0) is 13.0 Å². The van der Waals surface area contributed by atoms with Gasteiger partial charge in [0.25, 0.3) is 0 Å². The number of nitrogens with one attached hydrogen (secondary N) is 1. The zero-order chi connectivity index (χ0) is 15.1. The Labute approximate surface area is 128 Å². The molecule has 2 aromatic rings. The molecule has 2 aromatic carbocycles. The van der Waals surface area contributed by atoms with Crippen molar-refractivity contribution in [2.45, 2.75) is 33.7 Å². The van der Waals surface area contributed by atoms with Crippen LogP contribution in [0, 0.1) is 5.92 Å². The number of hydrogen-bond acceptors (Lipinski definition) is 2. The number of hydrogen-bond donors (Lipinski definition) is 1. The summed E-state index contributed by atoms with van der Waals surface area (Å²) in [4.78, 5) is 0. The SMILES string of the molecule is CCc1cccc(Oc2ccc(CNCC(C)C)cc2)c1. The predicted octanol–water partition coefficient (Wildman–Crippen LogP) is 4.79. The summed E-state index contributed by atoms with van der Waals surface area (Å²) in [6, 6.07) is 16.6. The monoisotopic (exact) mass is 283 g/mol. The van der Waals surface area contributed by atoms with Crippen molar-refractivity contribution in [3.05, 3.63) is 59.7 Å². The van der Waals surface area contributed by atoms with Crippen molar-refractivity contribution in [2.24, 2.45) is 5.92 Å². The first-order valence-corrected chi connectivity index (χ1v) is 7.74. The van der Waals surface area contributed by atoms with E-state index in [2.05, 4.69) is 50.4 Å². The van der Waals surface area contributed by atoms with Crippen LogP contribution in [0.3, 0.4) is 0 Å². The lowest BCUT2D eigenvalue weighted by molar-refractivity contribution is 0.481. The van der Waals surface area contributed by atoms with Crippen LogP contribution in [0.15, 0.2) is 48.5 Å². The van der Waals surface area contributed by atoms with Gasteiger partial charge >= 0.3 is 0 Å². The van der Waals surface area contributed by atoms with E-state index >= 15 is 0 Å². The third kappa shape index (κ3) is 5.24. The summed E-state index contributed by atoms with van der Waals surface area (Å²) in [5, 5.41) is 3.44. The standard InChI is InChI=1S/C19H25NO/c1-4-16-6-5-7-19(12-16)21-18-10-8-17(9-11-18)14-20-13-15(2)3/h5-12,15,20H,4,13-14H2,1-3H3. The Kier molecular flexibility index (Phi) is 5.82. The second kappa shape index (κ2) is 7.84. The summed E-state index contributed by atoms with van der Waals surface area (Å²) < 4.78 is 5.90. The minimum Gasteiger partial charge on any atom is -0.457 e. The predicted molar refractivity (Wildman–Crippen MR) is 88.9 cm³/mol. The van der Waals surface area contributed by atoms with E-state index in [1.807, 2.05) is 24.3 Å². The molecular formula is C19H25NO.